The second kappa shape index (κ2) is 4.76. The summed E-state index contributed by atoms with van der Waals surface area (Å²) in [5.41, 5.74) is 0. The van der Waals surface area contributed by atoms with E-state index in [1.807, 2.05) is 6.07 Å². The molecule has 0 radical (unpaired) electrons. The van der Waals surface area contributed by atoms with E-state index in [2.05, 4.69) is 5.32 Å². The molecule has 0 spiro atoms. The Bertz CT molecular complexity index is 189. The molecule has 0 bridgehead atoms. The molecule has 0 heterocycles. The molecule has 0 aromatic rings. The van der Waals surface area contributed by atoms with Crippen LogP contribution in [0, 0.1) is 17.2 Å². The van der Waals surface area contributed by atoms with Crippen LogP contribution in [-0.4, -0.2) is 12.5 Å². The smallest absolute Gasteiger partial charge is 0.221 e. The molecule has 1 aliphatic rings. The molecule has 3 nitrogen and oxygen atoms in total. The fraction of sp³-hybridized carbons (Fsp3) is 0.778. The van der Waals surface area contributed by atoms with Crippen molar-refractivity contribution in [3.63, 3.8) is 0 Å². The highest BCUT2D eigenvalue weighted by Gasteiger charge is 2.17. The van der Waals surface area contributed by atoms with Crippen molar-refractivity contribution in [2.24, 2.45) is 5.92 Å². The highest BCUT2D eigenvalue weighted by molar-refractivity contribution is 5.76. The maximum absolute atomic E-state index is 11.1. The van der Waals surface area contributed by atoms with E-state index in [1.165, 1.54) is 25.7 Å². The molecule has 0 aromatic heterocycles. The lowest BCUT2D eigenvalue weighted by Gasteiger charge is -2.06. The molecule has 3 heteroatoms. The second-order valence-corrected chi connectivity index (χ2v) is 3.29. The van der Waals surface area contributed by atoms with Gasteiger partial charge < -0.3 is 5.32 Å². The first-order valence-corrected chi connectivity index (χ1v) is 4.46. The van der Waals surface area contributed by atoms with Crippen LogP contribution in [0.2, 0.25) is 0 Å². The van der Waals surface area contributed by atoms with E-state index in [-0.39, 0.29) is 12.5 Å². The molecular formula is C9H14N2O. The maximum Gasteiger partial charge on any atom is 0.221 e. The average molecular weight is 166 g/mol. The molecule has 0 aliphatic heterocycles. The van der Waals surface area contributed by atoms with Crippen LogP contribution in [0.5, 0.6) is 0 Å². The monoisotopic (exact) mass is 166 g/mol. The van der Waals surface area contributed by atoms with E-state index in [9.17, 15) is 4.79 Å². The lowest BCUT2D eigenvalue weighted by Crippen LogP contribution is -2.25. The van der Waals surface area contributed by atoms with Gasteiger partial charge in [-0.15, -0.1) is 0 Å². The van der Waals surface area contributed by atoms with E-state index in [0.717, 1.165) is 0 Å². The van der Waals surface area contributed by atoms with Crippen LogP contribution in [0.1, 0.15) is 32.1 Å². The summed E-state index contributed by atoms with van der Waals surface area (Å²) < 4.78 is 0. The van der Waals surface area contributed by atoms with Gasteiger partial charge in [0.25, 0.3) is 0 Å². The zero-order chi connectivity index (χ0) is 8.81. The number of carbonyl (C=O) groups is 1. The Morgan fingerprint density at radius 3 is 2.75 bits per heavy atom. The lowest BCUT2D eigenvalue weighted by molar-refractivity contribution is -0.121. The summed E-state index contributed by atoms with van der Waals surface area (Å²) in [4.78, 5) is 11.1. The van der Waals surface area contributed by atoms with Crippen molar-refractivity contribution in [1.82, 2.24) is 5.32 Å². The number of hydrogen-bond donors (Lipinski definition) is 1. The normalized spacial score (nSPS) is 17.2. The Hall–Kier alpha value is -1.04. The van der Waals surface area contributed by atoms with Gasteiger partial charge >= 0.3 is 0 Å². The lowest BCUT2D eigenvalue weighted by atomic mass is 10.0. The summed E-state index contributed by atoms with van der Waals surface area (Å²) in [6, 6.07) is 1.89. The van der Waals surface area contributed by atoms with E-state index in [4.69, 9.17) is 5.26 Å². The van der Waals surface area contributed by atoms with Crippen LogP contribution in [0.3, 0.4) is 0 Å². The number of carbonyl (C=O) groups excluding carboxylic acids is 1. The van der Waals surface area contributed by atoms with Crippen LogP contribution in [-0.2, 0) is 4.79 Å². The van der Waals surface area contributed by atoms with Gasteiger partial charge in [0.15, 0.2) is 0 Å². The van der Waals surface area contributed by atoms with Crippen LogP contribution in [0.15, 0.2) is 0 Å². The Morgan fingerprint density at radius 2 is 2.17 bits per heavy atom. The number of hydrogen-bond acceptors (Lipinski definition) is 2. The van der Waals surface area contributed by atoms with Crippen molar-refractivity contribution < 1.29 is 4.79 Å². The third kappa shape index (κ3) is 2.91. The molecular weight excluding hydrogens is 152 g/mol. The minimum Gasteiger partial charge on any atom is -0.343 e. The van der Waals surface area contributed by atoms with E-state index in [1.54, 1.807) is 0 Å². The minimum absolute atomic E-state index is 0.0310. The van der Waals surface area contributed by atoms with Crippen molar-refractivity contribution >= 4 is 5.91 Å². The molecule has 0 unspecified atom stereocenters. The maximum atomic E-state index is 11.1. The molecule has 1 rings (SSSR count). The predicted molar refractivity (Wildman–Crippen MR) is 45.2 cm³/mol. The SMILES string of the molecule is N#CCNC(=O)CC1CCCC1. The first-order chi connectivity index (χ1) is 5.83. The number of rotatable bonds is 3. The van der Waals surface area contributed by atoms with Crippen molar-refractivity contribution in [2.75, 3.05) is 6.54 Å². The fourth-order valence-corrected chi connectivity index (χ4v) is 1.69. The number of amides is 1. The van der Waals surface area contributed by atoms with Crippen LogP contribution in [0.25, 0.3) is 0 Å². The molecule has 1 aliphatic carbocycles. The zero-order valence-corrected chi connectivity index (χ0v) is 7.18. The van der Waals surface area contributed by atoms with E-state index < -0.39 is 0 Å². The first-order valence-electron chi connectivity index (χ1n) is 4.46. The van der Waals surface area contributed by atoms with Gasteiger partial charge in [-0.3, -0.25) is 4.79 Å². The fourth-order valence-electron chi connectivity index (χ4n) is 1.69. The Kier molecular flexibility index (Phi) is 3.59. The molecule has 1 saturated carbocycles. The summed E-state index contributed by atoms with van der Waals surface area (Å²) in [6.07, 6.45) is 5.49. The Balaban J connectivity index is 2.13. The molecule has 0 saturated heterocycles. The van der Waals surface area contributed by atoms with Gasteiger partial charge in [-0.05, 0) is 18.8 Å². The number of nitrogens with one attached hydrogen (secondary N) is 1. The van der Waals surface area contributed by atoms with E-state index in [0.29, 0.717) is 12.3 Å². The van der Waals surface area contributed by atoms with Crippen molar-refractivity contribution in [3.8, 4) is 6.07 Å². The van der Waals surface area contributed by atoms with Gasteiger partial charge in [-0.1, -0.05) is 12.8 Å². The quantitative estimate of drug-likeness (QED) is 0.640. The standard InChI is InChI=1S/C9H14N2O/c10-5-6-11-9(12)7-8-3-1-2-4-8/h8H,1-4,6-7H2,(H,11,12). The highest BCUT2D eigenvalue weighted by Crippen LogP contribution is 2.27. The zero-order valence-electron chi connectivity index (χ0n) is 7.18. The third-order valence-corrected chi connectivity index (χ3v) is 2.31. The summed E-state index contributed by atoms with van der Waals surface area (Å²) in [5.74, 6) is 0.604. The highest BCUT2D eigenvalue weighted by atomic mass is 16.1. The van der Waals surface area contributed by atoms with Crippen molar-refractivity contribution in [3.05, 3.63) is 0 Å². The first kappa shape index (κ1) is 9.05. The number of nitrogens with zero attached hydrogens (tertiary/aromatic N) is 1. The van der Waals surface area contributed by atoms with Gasteiger partial charge in [0.1, 0.15) is 6.54 Å². The van der Waals surface area contributed by atoms with Gasteiger partial charge in [-0.2, -0.15) is 5.26 Å². The molecule has 66 valence electrons. The summed E-state index contributed by atoms with van der Waals surface area (Å²) in [6.45, 7) is 0.144. The predicted octanol–water partition coefficient (Wildman–Crippen LogP) is 1.21. The summed E-state index contributed by atoms with van der Waals surface area (Å²) in [7, 11) is 0. The molecule has 1 N–H and O–H groups in total. The largest absolute Gasteiger partial charge is 0.343 e. The van der Waals surface area contributed by atoms with Gasteiger partial charge in [0.05, 0.1) is 6.07 Å². The van der Waals surface area contributed by atoms with Gasteiger partial charge in [-0.25, -0.2) is 0 Å². The summed E-state index contributed by atoms with van der Waals surface area (Å²) in [5, 5.41) is 10.8. The van der Waals surface area contributed by atoms with Crippen LogP contribution >= 0.6 is 0 Å². The molecule has 12 heavy (non-hydrogen) atoms. The Labute approximate surface area is 72.8 Å². The van der Waals surface area contributed by atoms with Gasteiger partial charge in [0, 0.05) is 6.42 Å². The summed E-state index contributed by atoms with van der Waals surface area (Å²) >= 11 is 0. The van der Waals surface area contributed by atoms with Gasteiger partial charge in [0.2, 0.25) is 5.91 Å². The minimum atomic E-state index is 0.0310. The number of nitriles is 1. The second-order valence-electron chi connectivity index (χ2n) is 3.29. The van der Waals surface area contributed by atoms with Crippen LogP contribution < -0.4 is 5.32 Å². The topological polar surface area (TPSA) is 52.9 Å². The Morgan fingerprint density at radius 1 is 1.50 bits per heavy atom. The molecule has 0 aromatic carbocycles. The van der Waals surface area contributed by atoms with E-state index >= 15 is 0 Å². The molecule has 1 amide bonds. The molecule has 1 fully saturated rings. The average Bonchev–Trinajstić information content (AvgIpc) is 2.53. The van der Waals surface area contributed by atoms with Crippen molar-refractivity contribution in [1.29, 1.82) is 5.26 Å². The van der Waals surface area contributed by atoms with Crippen LogP contribution in [0.4, 0.5) is 0 Å². The third-order valence-electron chi connectivity index (χ3n) is 2.31. The van der Waals surface area contributed by atoms with Crippen molar-refractivity contribution in [2.45, 2.75) is 32.1 Å². The molecule has 0 atom stereocenters.